The van der Waals surface area contributed by atoms with Gasteiger partial charge in [0.25, 0.3) is 0 Å². The van der Waals surface area contributed by atoms with Crippen LogP contribution in [-0.2, 0) is 5.60 Å². The Morgan fingerprint density at radius 2 is 1.43 bits per heavy atom. The number of hydrogen-bond acceptors (Lipinski definition) is 4. The van der Waals surface area contributed by atoms with Crippen LogP contribution < -0.4 is 4.74 Å². The molecule has 0 aliphatic rings. The lowest BCUT2D eigenvalue weighted by Gasteiger charge is -2.39. The Kier molecular flexibility index (Phi) is 7.75. The zero-order valence-electron chi connectivity index (χ0n) is 24.4. The van der Waals surface area contributed by atoms with Gasteiger partial charge in [0.15, 0.2) is 0 Å². The summed E-state index contributed by atoms with van der Waals surface area (Å²) in [5, 5.41) is 16.4. The van der Waals surface area contributed by atoms with Gasteiger partial charge < -0.3 is 14.7 Å². The first kappa shape index (κ1) is 27.6. The van der Waals surface area contributed by atoms with E-state index < -0.39 is 11.5 Å². The SMILES string of the molecule is COc1nc2ccc(-c3ccccc3)cc2cc1C(c1ccccc1)C(O)(CCN(C)C)c1cccc2ccccc12. The molecule has 0 radical (unpaired) electrons. The number of rotatable bonds is 9. The Morgan fingerprint density at radius 3 is 2.17 bits per heavy atom. The fourth-order valence-corrected chi connectivity index (χ4v) is 6.15. The number of fused-ring (bicyclic) bond motifs is 2. The molecule has 0 bridgehead atoms. The first-order valence-electron chi connectivity index (χ1n) is 14.4. The van der Waals surface area contributed by atoms with Crippen molar-refractivity contribution in [2.75, 3.05) is 27.7 Å². The van der Waals surface area contributed by atoms with Crippen molar-refractivity contribution in [1.82, 2.24) is 9.88 Å². The van der Waals surface area contributed by atoms with Gasteiger partial charge in [-0.15, -0.1) is 0 Å². The second kappa shape index (κ2) is 11.8. The fourth-order valence-electron chi connectivity index (χ4n) is 6.15. The molecule has 2 unspecified atom stereocenters. The number of nitrogens with zero attached hydrogens (tertiary/aromatic N) is 2. The van der Waals surface area contributed by atoms with E-state index in [1.165, 1.54) is 0 Å². The van der Waals surface area contributed by atoms with Crippen LogP contribution in [0.15, 0.2) is 127 Å². The number of ether oxygens (including phenoxy) is 1. The Labute approximate surface area is 247 Å². The molecule has 5 aromatic carbocycles. The van der Waals surface area contributed by atoms with Crippen LogP contribution in [0.2, 0.25) is 0 Å². The first-order valence-corrected chi connectivity index (χ1v) is 14.4. The highest BCUT2D eigenvalue weighted by molar-refractivity contribution is 5.88. The quantitative estimate of drug-likeness (QED) is 0.197. The van der Waals surface area contributed by atoms with E-state index in [4.69, 9.17) is 9.72 Å². The maximum absolute atomic E-state index is 13.2. The van der Waals surface area contributed by atoms with Crippen molar-refractivity contribution < 1.29 is 9.84 Å². The number of hydrogen-bond donors (Lipinski definition) is 1. The van der Waals surface area contributed by atoms with Gasteiger partial charge in [-0.2, -0.15) is 0 Å². The zero-order valence-corrected chi connectivity index (χ0v) is 24.4. The van der Waals surface area contributed by atoms with Gasteiger partial charge in [0.1, 0.15) is 5.60 Å². The summed E-state index contributed by atoms with van der Waals surface area (Å²) in [5.74, 6) is 0.0732. The third-order valence-electron chi connectivity index (χ3n) is 8.23. The molecular formula is C38H36N2O2. The lowest BCUT2D eigenvalue weighted by Crippen LogP contribution is -2.38. The summed E-state index contributed by atoms with van der Waals surface area (Å²) in [6, 6.07) is 43.6. The normalized spacial score (nSPS) is 13.7. The van der Waals surface area contributed by atoms with E-state index in [-0.39, 0.29) is 0 Å². The van der Waals surface area contributed by atoms with Crippen LogP contribution >= 0.6 is 0 Å². The van der Waals surface area contributed by atoms with Crippen LogP contribution in [0.4, 0.5) is 0 Å². The maximum Gasteiger partial charge on any atom is 0.217 e. The predicted octanol–water partition coefficient (Wildman–Crippen LogP) is 8.04. The molecule has 4 heteroatoms. The van der Waals surface area contributed by atoms with Crippen LogP contribution in [0, 0.1) is 0 Å². The summed E-state index contributed by atoms with van der Waals surface area (Å²) in [5.41, 5.74) is 4.61. The van der Waals surface area contributed by atoms with Crippen LogP contribution in [0.5, 0.6) is 5.88 Å². The molecule has 6 aromatic rings. The van der Waals surface area contributed by atoms with Crippen LogP contribution in [0.3, 0.4) is 0 Å². The van der Waals surface area contributed by atoms with Crippen molar-refractivity contribution in [3.05, 3.63) is 144 Å². The molecule has 0 saturated heterocycles. The molecule has 1 heterocycles. The topological polar surface area (TPSA) is 45.6 Å². The fraction of sp³-hybridized carbons (Fsp3) is 0.184. The van der Waals surface area contributed by atoms with Crippen molar-refractivity contribution >= 4 is 21.7 Å². The third-order valence-corrected chi connectivity index (χ3v) is 8.23. The smallest absolute Gasteiger partial charge is 0.217 e. The van der Waals surface area contributed by atoms with Gasteiger partial charge in [-0.25, -0.2) is 4.98 Å². The van der Waals surface area contributed by atoms with Gasteiger partial charge in [0.2, 0.25) is 5.88 Å². The third kappa shape index (κ3) is 5.27. The van der Waals surface area contributed by atoms with Crippen molar-refractivity contribution in [1.29, 1.82) is 0 Å². The van der Waals surface area contributed by atoms with E-state index in [1.807, 2.05) is 62.6 Å². The van der Waals surface area contributed by atoms with Gasteiger partial charge in [0.05, 0.1) is 12.6 Å². The van der Waals surface area contributed by atoms with Gasteiger partial charge in [-0.1, -0.05) is 109 Å². The molecule has 0 spiro atoms. The molecule has 210 valence electrons. The highest BCUT2D eigenvalue weighted by Crippen LogP contribution is 2.49. The zero-order chi connectivity index (χ0) is 29.1. The Hall–Kier alpha value is -4.51. The standard InChI is InChI=1S/C38H36N2O2/c1-40(2)24-23-38(41,34-20-12-18-28-15-10-11-19-32(28)34)36(29-16-8-5-9-17-29)33-26-31-25-30(27-13-6-4-7-14-27)21-22-35(31)39-37(33)42-3/h4-22,25-26,36,41H,23-24H2,1-3H3. The van der Waals surface area contributed by atoms with E-state index in [0.29, 0.717) is 18.8 Å². The van der Waals surface area contributed by atoms with E-state index in [9.17, 15) is 5.11 Å². The van der Waals surface area contributed by atoms with Gasteiger partial charge >= 0.3 is 0 Å². The Bertz CT molecular complexity index is 1810. The minimum atomic E-state index is -1.27. The summed E-state index contributed by atoms with van der Waals surface area (Å²) < 4.78 is 5.98. The Balaban J connectivity index is 1.63. The molecule has 1 aromatic heterocycles. The molecule has 0 saturated carbocycles. The average molecular weight is 553 g/mol. The molecule has 4 nitrogen and oxygen atoms in total. The molecule has 2 atom stereocenters. The minimum absolute atomic E-state index is 0.448. The average Bonchev–Trinajstić information content (AvgIpc) is 3.04. The Morgan fingerprint density at radius 1 is 0.738 bits per heavy atom. The van der Waals surface area contributed by atoms with Crippen molar-refractivity contribution in [3.8, 4) is 17.0 Å². The lowest BCUT2D eigenvalue weighted by molar-refractivity contribution is 0.00520. The van der Waals surface area contributed by atoms with Crippen LogP contribution in [-0.4, -0.2) is 42.7 Å². The summed E-state index contributed by atoms with van der Waals surface area (Å²) in [4.78, 5) is 7.12. The van der Waals surface area contributed by atoms with E-state index in [0.717, 1.165) is 49.5 Å². The molecule has 0 aliphatic heterocycles. The summed E-state index contributed by atoms with van der Waals surface area (Å²) in [7, 11) is 5.75. The van der Waals surface area contributed by atoms with Crippen LogP contribution in [0.25, 0.3) is 32.8 Å². The number of aliphatic hydroxyl groups is 1. The van der Waals surface area contributed by atoms with Gasteiger partial charge in [-0.3, -0.25) is 0 Å². The first-order chi connectivity index (χ1) is 20.5. The van der Waals surface area contributed by atoms with Crippen LogP contribution in [0.1, 0.15) is 29.0 Å². The molecule has 0 aliphatic carbocycles. The molecular weight excluding hydrogens is 516 g/mol. The van der Waals surface area contributed by atoms with Crippen molar-refractivity contribution in [2.45, 2.75) is 17.9 Å². The lowest BCUT2D eigenvalue weighted by atomic mass is 9.70. The molecule has 0 fully saturated rings. The van der Waals surface area contributed by atoms with E-state index in [2.05, 4.69) is 83.8 Å². The number of pyridine rings is 1. The van der Waals surface area contributed by atoms with Gasteiger partial charge in [-0.05, 0) is 71.7 Å². The highest BCUT2D eigenvalue weighted by Gasteiger charge is 2.43. The predicted molar refractivity (Wildman–Crippen MR) is 173 cm³/mol. The molecule has 1 N–H and O–H groups in total. The minimum Gasteiger partial charge on any atom is -0.481 e. The van der Waals surface area contributed by atoms with E-state index in [1.54, 1.807) is 7.11 Å². The summed E-state index contributed by atoms with van der Waals surface area (Å²) in [6.07, 6.45) is 0.513. The summed E-state index contributed by atoms with van der Waals surface area (Å²) >= 11 is 0. The summed E-state index contributed by atoms with van der Waals surface area (Å²) in [6.45, 7) is 0.699. The second-order valence-corrected chi connectivity index (χ2v) is 11.2. The largest absolute Gasteiger partial charge is 0.481 e. The number of methoxy groups -OCH3 is 1. The number of aromatic nitrogens is 1. The van der Waals surface area contributed by atoms with E-state index >= 15 is 0 Å². The van der Waals surface area contributed by atoms with Gasteiger partial charge in [0, 0.05) is 23.4 Å². The monoisotopic (exact) mass is 552 g/mol. The number of benzene rings is 5. The molecule has 42 heavy (non-hydrogen) atoms. The second-order valence-electron chi connectivity index (χ2n) is 11.2. The molecule has 0 amide bonds. The highest BCUT2D eigenvalue weighted by atomic mass is 16.5. The van der Waals surface area contributed by atoms with Crippen molar-refractivity contribution in [2.24, 2.45) is 0 Å². The molecule has 6 rings (SSSR count). The maximum atomic E-state index is 13.2. The van der Waals surface area contributed by atoms with Crippen molar-refractivity contribution in [3.63, 3.8) is 0 Å².